The lowest BCUT2D eigenvalue weighted by Gasteiger charge is -2.29. The van der Waals surface area contributed by atoms with Crippen molar-refractivity contribution in [2.24, 2.45) is 17.8 Å². The molecule has 5 atom stereocenters. The molecule has 0 spiro atoms. The van der Waals surface area contributed by atoms with Crippen molar-refractivity contribution < 1.29 is 0 Å². The maximum atomic E-state index is 2.55. The molecule has 0 bridgehead atoms. The summed E-state index contributed by atoms with van der Waals surface area (Å²) in [5.74, 6) is 2.84. The van der Waals surface area contributed by atoms with E-state index in [0.29, 0.717) is 17.9 Å². The van der Waals surface area contributed by atoms with Crippen molar-refractivity contribution in [1.29, 1.82) is 0 Å². The standard InChI is InChI=1S/C19H23N/c1-4-13-9-10-17-16(11-13)18-12(2)14-7-5-6-8-15(14)19(18)20(17)3/h5-12,14-15,18-19H,4H2,1-3H3. The molecule has 5 unspecified atom stereocenters. The van der Waals surface area contributed by atoms with Crippen molar-refractivity contribution in [3.05, 3.63) is 53.6 Å². The van der Waals surface area contributed by atoms with E-state index in [9.17, 15) is 0 Å². The van der Waals surface area contributed by atoms with Gasteiger partial charge in [0.15, 0.2) is 0 Å². The fraction of sp³-hybridized carbons (Fsp3) is 0.474. The van der Waals surface area contributed by atoms with E-state index >= 15 is 0 Å². The summed E-state index contributed by atoms with van der Waals surface area (Å²) in [5, 5.41) is 0. The summed E-state index contributed by atoms with van der Waals surface area (Å²) >= 11 is 0. The fourth-order valence-electron chi connectivity index (χ4n) is 4.84. The highest BCUT2D eigenvalue weighted by Crippen LogP contribution is 2.57. The number of benzene rings is 1. The topological polar surface area (TPSA) is 3.24 Å². The zero-order valence-electron chi connectivity index (χ0n) is 12.6. The lowest BCUT2D eigenvalue weighted by molar-refractivity contribution is 0.428. The molecule has 4 rings (SSSR count). The van der Waals surface area contributed by atoms with Crippen LogP contribution in [-0.4, -0.2) is 13.1 Å². The van der Waals surface area contributed by atoms with Crippen molar-refractivity contribution >= 4 is 5.69 Å². The second-order valence-corrected chi connectivity index (χ2v) is 6.66. The van der Waals surface area contributed by atoms with E-state index in [-0.39, 0.29) is 0 Å². The van der Waals surface area contributed by atoms with Crippen LogP contribution < -0.4 is 4.90 Å². The van der Waals surface area contributed by atoms with Crippen LogP contribution in [0.15, 0.2) is 42.5 Å². The largest absolute Gasteiger partial charge is 0.370 e. The summed E-state index contributed by atoms with van der Waals surface area (Å²) in [6, 6.07) is 7.77. The highest BCUT2D eigenvalue weighted by Gasteiger charge is 2.53. The van der Waals surface area contributed by atoms with Gasteiger partial charge in [0, 0.05) is 30.6 Å². The number of allylic oxidation sites excluding steroid dienone is 3. The molecule has 1 aromatic carbocycles. The van der Waals surface area contributed by atoms with Crippen LogP contribution >= 0.6 is 0 Å². The summed E-state index contributed by atoms with van der Waals surface area (Å²) in [6.07, 6.45) is 10.5. The molecule has 104 valence electrons. The molecule has 0 N–H and O–H groups in total. The van der Waals surface area contributed by atoms with Gasteiger partial charge < -0.3 is 4.90 Å². The van der Waals surface area contributed by atoms with Crippen LogP contribution in [0.25, 0.3) is 0 Å². The molecular formula is C19H23N. The molecule has 1 nitrogen and oxygen atoms in total. The van der Waals surface area contributed by atoms with E-state index in [0.717, 1.165) is 18.3 Å². The van der Waals surface area contributed by atoms with Crippen LogP contribution in [0.3, 0.4) is 0 Å². The second-order valence-electron chi connectivity index (χ2n) is 6.66. The minimum absolute atomic E-state index is 0.651. The van der Waals surface area contributed by atoms with E-state index in [4.69, 9.17) is 0 Å². The average Bonchev–Trinajstić information content (AvgIpc) is 2.95. The molecule has 0 aromatic heterocycles. The molecule has 0 radical (unpaired) electrons. The highest BCUT2D eigenvalue weighted by atomic mass is 15.2. The zero-order chi connectivity index (χ0) is 13.9. The molecular weight excluding hydrogens is 242 g/mol. The summed E-state index contributed by atoms with van der Waals surface area (Å²) in [5.41, 5.74) is 4.54. The number of hydrogen-bond donors (Lipinski definition) is 0. The summed E-state index contributed by atoms with van der Waals surface area (Å²) in [4.78, 5) is 2.55. The van der Waals surface area contributed by atoms with Gasteiger partial charge in [-0.15, -0.1) is 0 Å². The van der Waals surface area contributed by atoms with Gasteiger partial charge in [0.25, 0.3) is 0 Å². The predicted molar refractivity (Wildman–Crippen MR) is 85.2 cm³/mol. The smallest absolute Gasteiger partial charge is 0.0427 e. The Labute approximate surface area is 122 Å². The normalized spacial score (nSPS) is 37.0. The van der Waals surface area contributed by atoms with Crippen molar-refractivity contribution in [2.45, 2.75) is 32.2 Å². The number of nitrogens with zero attached hydrogens (tertiary/aromatic N) is 1. The molecule has 1 heteroatoms. The predicted octanol–water partition coefficient (Wildman–Crippen LogP) is 4.16. The highest BCUT2D eigenvalue weighted by molar-refractivity contribution is 5.64. The molecule has 1 aromatic rings. The quantitative estimate of drug-likeness (QED) is 0.737. The van der Waals surface area contributed by atoms with Crippen LogP contribution in [0, 0.1) is 17.8 Å². The molecule has 0 amide bonds. The third-order valence-corrected chi connectivity index (χ3v) is 5.84. The second kappa shape index (κ2) is 4.25. The Hall–Kier alpha value is -1.50. The van der Waals surface area contributed by atoms with Crippen LogP contribution in [0.2, 0.25) is 0 Å². The van der Waals surface area contributed by atoms with Gasteiger partial charge in [0.1, 0.15) is 0 Å². The molecule has 1 saturated carbocycles. The van der Waals surface area contributed by atoms with Crippen molar-refractivity contribution in [3.8, 4) is 0 Å². The van der Waals surface area contributed by atoms with Crippen LogP contribution in [-0.2, 0) is 6.42 Å². The molecule has 20 heavy (non-hydrogen) atoms. The Balaban J connectivity index is 1.84. The number of likely N-dealkylation sites (N-methyl/N-ethyl adjacent to an activating group) is 1. The van der Waals surface area contributed by atoms with E-state index < -0.39 is 0 Å². The third-order valence-electron chi connectivity index (χ3n) is 5.84. The Morgan fingerprint density at radius 2 is 1.85 bits per heavy atom. The first-order valence-corrected chi connectivity index (χ1v) is 7.93. The molecule has 1 heterocycles. The van der Waals surface area contributed by atoms with Gasteiger partial charge in [-0.25, -0.2) is 0 Å². The number of fused-ring (bicyclic) bond motifs is 5. The first-order valence-electron chi connectivity index (χ1n) is 7.93. The van der Waals surface area contributed by atoms with Gasteiger partial charge in [-0.3, -0.25) is 0 Å². The van der Waals surface area contributed by atoms with Crippen molar-refractivity contribution in [1.82, 2.24) is 0 Å². The fourth-order valence-corrected chi connectivity index (χ4v) is 4.84. The summed E-state index contributed by atoms with van der Waals surface area (Å²) in [6.45, 7) is 4.70. The molecule has 0 saturated heterocycles. The van der Waals surface area contributed by atoms with E-state index in [1.54, 1.807) is 5.56 Å². The lowest BCUT2D eigenvalue weighted by atomic mass is 9.83. The minimum atomic E-state index is 0.651. The van der Waals surface area contributed by atoms with Gasteiger partial charge in [-0.1, -0.05) is 50.3 Å². The number of anilines is 1. The molecule has 2 aliphatic carbocycles. The van der Waals surface area contributed by atoms with Gasteiger partial charge in [-0.05, 0) is 35.4 Å². The average molecular weight is 265 g/mol. The van der Waals surface area contributed by atoms with E-state index in [1.807, 2.05) is 0 Å². The Morgan fingerprint density at radius 1 is 1.10 bits per heavy atom. The van der Waals surface area contributed by atoms with Gasteiger partial charge in [0.05, 0.1) is 0 Å². The third kappa shape index (κ3) is 1.44. The van der Waals surface area contributed by atoms with Crippen LogP contribution in [0.1, 0.15) is 30.9 Å². The number of aryl methyl sites for hydroxylation is 1. The number of rotatable bonds is 1. The first-order chi connectivity index (χ1) is 9.72. The molecule has 1 fully saturated rings. The summed E-state index contributed by atoms with van der Waals surface area (Å²) < 4.78 is 0. The van der Waals surface area contributed by atoms with Crippen molar-refractivity contribution in [2.75, 3.05) is 11.9 Å². The van der Waals surface area contributed by atoms with Gasteiger partial charge in [0.2, 0.25) is 0 Å². The van der Waals surface area contributed by atoms with Crippen LogP contribution in [0.5, 0.6) is 0 Å². The SMILES string of the molecule is CCc1ccc2c(c1)C1C(C)C3C=CC=CC3C1N2C. The number of hydrogen-bond acceptors (Lipinski definition) is 1. The lowest BCUT2D eigenvalue weighted by Crippen LogP contribution is -2.34. The summed E-state index contributed by atoms with van der Waals surface area (Å²) in [7, 11) is 2.29. The van der Waals surface area contributed by atoms with E-state index in [1.165, 1.54) is 11.3 Å². The van der Waals surface area contributed by atoms with E-state index in [2.05, 4.69) is 68.3 Å². The first kappa shape index (κ1) is 12.3. The minimum Gasteiger partial charge on any atom is -0.370 e. The van der Waals surface area contributed by atoms with Gasteiger partial charge >= 0.3 is 0 Å². The Morgan fingerprint density at radius 3 is 2.60 bits per heavy atom. The van der Waals surface area contributed by atoms with Crippen LogP contribution in [0.4, 0.5) is 5.69 Å². The molecule has 3 aliphatic rings. The van der Waals surface area contributed by atoms with Crippen molar-refractivity contribution in [3.63, 3.8) is 0 Å². The molecule has 1 aliphatic heterocycles. The zero-order valence-corrected chi connectivity index (χ0v) is 12.6. The maximum Gasteiger partial charge on any atom is 0.0427 e. The van der Waals surface area contributed by atoms with Gasteiger partial charge in [-0.2, -0.15) is 0 Å². The monoisotopic (exact) mass is 265 g/mol. The maximum absolute atomic E-state index is 2.55. The Kier molecular flexibility index (Phi) is 2.60. The Bertz CT molecular complexity index is 598.